The van der Waals surface area contributed by atoms with Crippen LogP contribution in [0.25, 0.3) is 0 Å². The fraction of sp³-hybridized carbons (Fsp3) is 0.538. The molecule has 4 heteroatoms. The van der Waals surface area contributed by atoms with Gasteiger partial charge < -0.3 is 5.32 Å². The molecule has 2 rings (SSSR count). The minimum absolute atomic E-state index is 0.181. The fourth-order valence-electron chi connectivity index (χ4n) is 2.30. The summed E-state index contributed by atoms with van der Waals surface area (Å²) in [4.78, 5) is 0. The molecule has 17 heavy (non-hydrogen) atoms. The van der Waals surface area contributed by atoms with Gasteiger partial charge in [-0.05, 0) is 37.6 Å². The van der Waals surface area contributed by atoms with Crippen LogP contribution in [0.1, 0.15) is 37.9 Å². The number of hydrogen-bond acceptors (Lipinski definition) is 2. The second-order valence-electron chi connectivity index (χ2n) is 4.81. The summed E-state index contributed by atoms with van der Waals surface area (Å²) < 4.78 is 0.181. The maximum absolute atomic E-state index is 6.30. The lowest BCUT2D eigenvalue weighted by Crippen LogP contribution is -2.40. The smallest absolute Gasteiger partial charge is 0.0636 e. The standard InChI is InChI=1S/C13H17Cl2NS/c1-4-16-12-8-5-6-10(14)11(15)9(8)7-17-13(12,2)3/h5-6,12,16H,4,7H2,1-3H3. The molecule has 94 valence electrons. The molecule has 1 nitrogen and oxygen atoms in total. The van der Waals surface area contributed by atoms with E-state index in [9.17, 15) is 0 Å². The van der Waals surface area contributed by atoms with Crippen LogP contribution in [0.3, 0.4) is 0 Å². The first-order valence-corrected chi connectivity index (χ1v) is 7.55. The normalized spacial score (nSPS) is 22.3. The number of fused-ring (bicyclic) bond motifs is 1. The van der Waals surface area contributed by atoms with E-state index < -0.39 is 0 Å². The molecule has 0 radical (unpaired) electrons. The third-order valence-electron chi connectivity index (χ3n) is 3.24. The highest BCUT2D eigenvalue weighted by Gasteiger charge is 2.37. The molecule has 1 N–H and O–H groups in total. The minimum atomic E-state index is 0.181. The summed E-state index contributed by atoms with van der Waals surface area (Å²) in [6.45, 7) is 7.63. The number of halogens is 2. The zero-order valence-corrected chi connectivity index (χ0v) is 12.6. The number of thioether (sulfide) groups is 1. The van der Waals surface area contributed by atoms with Crippen molar-refractivity contribution in [3.8, 4) is 0 Å². The first-order chi connectivity index (χ1) is 7.97. The van der Waals surface area contributed by atoms with E-state index in [-0.39, 0.29) is 4.75 Å². The first kappa shape index (κ1) is 13.5. The van der Waals surface area contributed by atoms with E-state index in [4.69, 9.17) is 23.2 Å². The quantitative estimate of drug-likeness (QED) is 0.849. The summed E-state index contributed by atoms with van der Waals surface area (Å²) in [5.74, 6) is 0.934. The summed E-state index contributed by atoms with van der Waals surface area (Å²) in [6.07, 6.45) is 0. The lowest BCUT2D eigenvalue weighted by atomic mass is 9.91. The zero-order valence-electron chi connectivity index (χ0n) is 10.3. The zero-order chi connectivity index (χ0) is 12.6. The van der Waals surface area contributed by atoms with Crippen LogP contribution in [0.5, 0.6) is 0 Å². The van der Waals surface area contributed by atoms with E-state index in [2.05, 4.69) is 32.2 Å². The molecule has 0 amide bonds. The Kier molecular flexibility index (Phi) is 3.99. The topological polar surface area (TPSA) is 12.0 Å². The Morgan fingerprint density at radius 3 is 2.76 bits per heavy atom. The Balaban J connectivity index is 2.50. The summed E-state index contributed by atoms with van der Waals surface area (Å²) >= 11 is 14.3. The molecule has 0 saturated carbocycles. The highest BCUT2D eigenvalue weighted by atomic mass is 35.5. The molecule has 0 fully saturated rings. The molecule has 0 bridgehead atoms. The molecule has 0 spiro atoms. The number of rotatable bonds is 2. The lowest BCUT2D eigenvalue weighted by Gasteiger charge is -2.40. The highest BCUT2D eigenvalue weighted by Crippen LogP contribution is 2.48. The van der Waals surface area contributed by atoms with E-state index in [1.165, 1.54) is 11.1 Å². The van der Waals surface area contributed by atoms with Crippen molar-refractivity contribution in [1.29, 1.82) is 0 Å². The molecule has 1 unspecified atom stereocenters. The second kappa shape index (κ2) is 5.00. The van der Waals surface area contributed by atoms with Crippen molar-refractivity contribution in [3.05, 3.63) is 33.3 Å². The maximum Gasteiger partial charge on any atom is 0.0636 e. The summed E-state index contributed by atoms with van der Waals surface area (Å²) in [6, 6.07) is 4.34. The van der Waals surface area contributed by atoms with Gasteiger partial charge in [0.05, 0.1) is 10.0 Å². The van der Waals surface area contributed by atoms with Crippen LogP contribution in [0.15, 0.2) is 12.1 Å². The van der Waals surface area contributed by atoms with Gasteiger partial charge in [0.2, 0.25) is 0 Å². The highest BCUT2D eigenvalue weighted by molar-refractivity contribution is 8.00. The van der Waals surface area contributed by atoms with Crippen molar-refractivity contribution in [2.24, 2.45) is 0 Å². The van der Waals surface area contributed by atoms with Crippen LogP contribution >= 0.6 is 35.0 Å². The number of nitrogens with one attached hydrogen (secondary N) is 1. The molecule has 1 aliphatic heterocycles. The average Bonchev–Trinajstić information content (AvgIpc) is 2.27. The van der Waals surface area contributed by atoms with Crippen LogP contribution in [0.4, 0.5) is 0 Å². The molecule has 1 aromatic rings. The Bertz CT molecular complexity index is 432. The third-order valence-corrected chi connectivity index (χ3v) is 5.49. The second-order valence-corrected chi connectivity index (χ2v) is 7.23. The van der Waals surface area contributed by atoms with Crippen molar-refractivity contribution < 1.29 is 0 Å². The molecule has 1 aliphatic rings. The van der Waals surface area contributed by atoms with Crippen LogP contribution in [-0.4, -0.2) is 11.3 Å². The van der Waals surface area contributed by atoms with Gasteiger partial charge >= 0.3 is 0 Å². The van der Waals surface area contributed by atoms with Crippen molar-refractivity contribution in [3.63, 3.8) is 0 Å². The monoisotopic (exact) mass is 289 g/mol. The van der Waals surface area contributed by atoms with Crippen LogP contribution in [0.2, 0.25) is 10.0 Å². The van der Waals surface area contributed by atoms with Crippen LogP contribution in [-0.2, 0) is 5.75 Å². The van der Waals surface area contributed by atoms with Gasteiger partial charge in [0.25, 0.3) is 0 Å². The van der Waals surface area contributed by atoms with Gasteiger partial charge in [-0.15, -0.1) is 11.8 Å². The van der Waals surface area contributed by atoms with E-state index in [0.29, 0.717) is 11.1 Å². The van der Waals surface area contributed by atoms with Gasteiger partial charge in [0.15, 0.2) is 0 Å². The summed E-state index contributed by atoms with van der Waals surface area (Å²) in [5, 5.41) is 4.93. The average molecular weight is 290 g/mol. The van der Waals surface area contributed by atoms with Crippen molar-refractivity contribution in [2.45, 2.75) is 37.3 Å². The molecule has 1 aromatic carbocycles. The predicted molar refractivity (Wildman–Crippen MR) is 78.3 cm³/mol. The Hall–Kier alpha value is 0.110. The molecular formula is C13H17Cl2NS. The molecule has 0 aliphatic carbocycles. The molecule has 0 aromatic heterocycles. The third kappa shape index (κ3) is 2.46. The molecule has 0 saturated heterocycles. The van der Waals surface area contributed by atoms with Gasteiger partial charge in [-0.2, -0.15) is 0 Å². The minimum Gasteiger partial charge on any atom is -0.309 e. The Morgan fingerprint density at radius 2 is 2.12 bits per heavy atom. The Morgan fingerprint density at radius 1 is 1.41 bits per heavy atom. The Labute approximate surface area is 117 Å². The molecule has 1 atom stereocenters. The molecule has 1 heterocycles. The SMILES string of the molecule is CCNC1c2ccc(Cl)c(Cl)c2CSC1(C)C. The van der Waals surface area contributed by atoms with Crippen molar-refractivity contribution >= 4 is 35.0 Å². The van der Waals surface area contributed by atoms with Gasteiger partial charge in [-0.25, -0.2) is 0 Å². The van der Waals surface area contributed by atoms with E-state index in [0.717, 1.165) is 17.3 Å². The lowest BCUT2D eigenvalue weighted by molar-refractivity contribution is 0.450. The maximum atomic E-state index is 6.30. The van der Waals surface area contributed by atoms with Gasteiger partial charge in [-0.3, -0.25) is 0 Å². The van der Waals surface area contributed by atoms with E-state index >= 15 is 0 Å². The number of benzene rings is 1. The van der Waals surface area contributed by atoms with E-state index in [1.807, 2.05) is 17.8 Å². The number of hydrogen-bond donors (Lipinski definition) is 1. The predicted octanol–water partition coefficient (Wildman–Crippen LogP) is 4.67. The first-order valence-electron chi connectivity index (χ1n) is 5.81. The summed E-state index contributed by atoms with van der Waals surface area (Å²) in [7, 11) is 0. The van der Waals surface area contributed by atoms with E-state index in [1.54, 1.807) is 0 Å². The van der Waals surface area contributed by atoms with Crippen LogP contribution in [0, 0.1) is 0 Å². The summed E-state index contributed by atoms with van der Waals surface area (Å²) in [5.41, 5.74) is 2.49. The fourth-order valence-corrected chi connectivity index (χ4v) is 4.00. The van der Waals surface area contributed by atoms with Crippen molar-refractivity contribution in [1.82, 2.24) is 5.32 Å². The van der Waals surface area contributed by atoms with Gasteiger partial charge in [0.1, 0.15) is 0 Å². The largest absolute Gasteiger partial charge is 0.309 e. The van der Waals surface area contributed by atoms with Gasteiger partial charge in [0, 0.05) is 16.5 Å². The van der Waals surface area contributed by atoms with Crippen molar-refractivity contribution in [2.75, 3.05) is 6.54 Å². The molecular weight excluding hydrogens is 273 g/mol. The van der Waals surface area contributed by atoms with Gasteiger partial charge in [-0.1, -0.05) is 36.2 Å². The van der Waals surface area contributed by atoms with Crippen LogP contribution < -0.4 is 5.32 Å².